The number of amides is 1. The minimum Gasteiger partial charge on any atom is -0.318 e. The number of carbonyl (C=O) groups excluding carboxylic acids is 1. The van der Waals surface area contributed by atoms with Gasteiger partial charge in [-0.15, -0.1) is 11.3 Å². The van der Waals surface area contributed by atoms with E-state index in [-0.39, 0.29) is 5.91 Å². The quantitative estimate of drug-likeness (QED) is 0.373. The molecule has 1 aromatic rings. The highest BCUT2D eigenvalue weighted by atomic mass is 32.1. The van der Waals surface area contributed by atoms with Gasteiger partial charge in [-0.25, -0.2) is 5.84 Å². The number of hydrogen-bond acceptors (Lipinski definition) is 5. The lowest BCUT2D eigenvalue weighted by Crippen LogP contribution is -2.29. The van der Waals surface area contributed by atoms with Crippen molar-refractivity contribution in [3.8, 4) is 0 Å². The van der Waals surface area contributed by atoms with Gasteiger partial charge in [0.1, 0.15) is 0 Å². The minimum absolute atomic E-state index is 0.228. The van der Waals surface area contributed by atoms with Crippen molar-refractivity contribution in [3.05, 3.63) is 21.9 Å². The molecule has 6 heteroatoms. The SMILES string of the molecule is CNCCN(C)Cc1ccc(C(=O)NN)s1. The largest absolute Gasteiger partial charge is 0.318 e. The third-order valence-electron chi connectivity index (χ3n) is 2.19. The number of thiophene rings is 1. The number of nitrogens with two attached hydrogens (primary N) is 1. The van der Waals surface area contributed by atoms with Crippen LogP contribution in [0.3, 0.4) is 0 Å². The van der Waals surface area contributed by atoms with Gasteiger partial charge in [0.2, 0.25) is 0 Å². The lowest BCUT2D eigenvalue weighted by atomic mass is 10.4. The Hall–Kier alpha value is -0.950. The Bertz CT molecular complexity index is 339. The second-order valence-corrected chi connectivity index (χ2v) is 4.75. The number of hydrogen-bond donors (Lipinski definition) is 3. The second-order valence-electron chi connectivity index (χ2n) is 3.58. The fourth-order valence-electron chi connectivity index (χ4n) is 1.30. The Labute approximate surface area is 99.6 Å². The van der Waals surface area contributed by atoms with Crippen LogP contribution in [0.15, 0.2) is 12.1 Å². The Kier molecular flexibility index (Phi) is 5.41. The van der Waals surface area contributed by atoms with Crippen LogP contribution in [0.4, 0.5) is 0 Å². The number of rotatable bonds is 6. The summed E-state index contributed by atoms with van der Waals surface area (Å²) in [6.45, 7) is 2.79. The molecule has 5 nitrogen and oxygen atoms in total. The molecule has 90 valence electrons. The molecule has 1 amide bonds. The van der Waals surface area contributed by atoms with Crippen LogP contribution in [0.5, 0.6) is 0 Å². The smallest absolute Gasteiger partial charge is 0.275 e. The molecular weight excluding hydrogens is 224 g/mol. The normalized spacial score (nSPS) is 10.8. The monoisotopic (exact) mass is 242 g/mol. The average Bonchev–Trinajstić information content (AvgIpc) is 2.73. The maximum Gasteiger partial charge on any atom is 0.275 e. The van der Waals surface area contributed by atoms with E-state index < -0.39 is 0 Å². The molecule has 0 spiro atoms. The van der Waals surface area contributed by atoms with Gasteiger partial charge < -0.3 is 10.2 Å². The first-order valence-electron chi connectivity index (χ1n) is 5.10. The van der Waals surface area contributed by atoms with Crippen molar-refractivity contribution in [2.75, 3.05) is 27.2 Å². The van der Waals surface area contributed by atoms with Crippen molar-refractivity contribution in [3.63, 3.8) is 0 Å². The van der Waals surface area contributed by atoms with Crippen molar-refractivity contribution in [2.45, 2.75) is 6.54 Å². The van der Waals surface area contributed by atoms with Gasteiger partial charge in [0.25, 0.3) is 5.91 Å². The number of nitrogens with one attached hydrogen (secondary N) is 2. The molecule has 0 fully saturated rings. The fourth-order valence-corrected chi connectivity index (χ4v) is 2.29. The average molecular weight is 242 g/mol. The molecule has 16 heavy (non-hydrogen) atoms. The minimum atomic E-state index is -0.228. The highest BCUT2D eigenvalue weighted by Crippen LogP contribution is 2.17. The van der Waals surface area contributed by atoms with E-state index in [1.807, 2.05) is 13.1 Å². The summed E-state index contributed by atoms with van der Waals surface area (Å²) in [7, 11) is 3.99. The van der Waals surface area contributed by atoms with E-state index in [0.29, 0.717) is 4.88 Å². The van der Waals surface area contributed by atoms with Gasteiger partial charge in [-0.3, -0.25) is 10.2 Å². The summed E-state index contributed by atoms with van der Waals surface area (Å²) in [4.78, 5) is 15.3. The molecule has 1 aromatic heterocycles. The molecular formula is C10H18N4OS. The lowest BCUT2D eigenvalue weighted by Gasteiger charge is -2.14. The van der Waals surface area contributed by atoms with Crippen LogP contribution in [0.25, 0.3) is 0 Å². The third-order valence-corrected chi connectivity index (χ3v) is 3.25. The molecule has 0 saturated carbocycles. The van der Waals surface area contributed by atoms with Crippen LogP contribution < -0.4 is 16.6 Å². The highest BCUT2D eigenvalue weighted by molar-refractivity contribution is 7.14. The molecule has 1 heterocycles. The Morgan fingerprint density at radius 2 is 2.31 bits per heavy atom. The third kappa shape index (κ3) is 3.90. The van der Waals surface area contributed by atoms with Crippen LogP contribution in [-0.4, -0.2) is 38.0 Å². The molecule has 4 N–H and O–H groups in total. The lowest BCUT2D eigenvalue weighted by molar-refractivity contribution is 0.0957. The van der Waals surface area contributed by atoms with Gasteiger partial charge >= 0.3 is 0 Å². The molecule has 0 saturated heterocycles. The first-order valence-corrected chi connectivity index (χ1v) is 5.92. The zero-order chi connectivity index (χ0) is 12.0. The maximum atomic E-state index is 11.2. The molecule has 0 aliphatic heterocycles. The van der Waals surface area contributed by atoms with E-state index in [1.54, 1.807) is 6.07 Å². The Morgan fingerprint density at radius 3 is 2.94 bits per heavy atom. The van der Waals surface area contributed by atoms with E-state index in [4.69, 9.17) is 5.84 Å². The Morgan fingerprint density at radius 1 is 1.56 bits per heavy atom. The van der Waals surface area contributed by atoms with Crippen molar-refractivity contribution < 1.29 is 4.79 Å². The molecule has 0 radical (unpaired) electrons. The van der Waals surface area contributed by atoms with Crippen molar-refractivity contribution in [1.82, 2.24) is 15.6 Å². The molecule has 0 atom stereocenters. The summed E-state index contributed by atoms with van der Waals surface area (Å²) in [5, 5.41) is 3.10. The van der Waals surface area contributed by atoms with Crippen molar-refractivity contribution in [2.24, 2.45) is 5.84 Å². The first-order chi connectivity index (χ1) is 7.67. The topological polar surface area (TPSA) is 70.4 Å². The van der Waals surface area contributed by atoms with E-state index in [0.717, 1.165) is 24.5 Å². The van der Waals surface area contributed by atoms with E-state index >= 15 is 0 Å². The zero-order valence-electron chi connectivity index (χ0n) is 9.62. The van der Waals surface area contributed by atoms with Gasteiger partial charge in [-0.05, 0) is 26.2 Å². The molecule has 0 aliphatic rings. The number of carbonyl (C=O) groups is 1. The summed E-state index contributed by atoms with van der Waals surface area (Å²) in [5.41, 5.74) is 2.13. The van der Waals surface area contributed by atoms with E-state index in [1.165, 1.54) is 11.3 Å². The van der Waals surface area contributed by atoms with E-state index in [9.17, 15) is 4.79 Å². The number of hydrazine groups is 1. The summed E-state index contributed by atoms with van der Waals surface area (Å²) < 4.78 is 0. The van der Waals surface area contributed by atoms with Crippen LogP contribution in [-0.2, 0) is 6.54 Å². The van der Waals surface area contributed by atoms with Crippen molar-refractivity contribution in [1.29, 1.82) is 0 Å². The van der Waals surface area contributed by atoms with Crippen LogP contribution in [0.1, 0.15) is 14.5 Å². The molecule has 1 rings (SSSR count). The van der Waals surface area contributed by atoms with Crippen LogP contribution in [0, 0.1) is 0 Å². The van der Waals surface area contributed by atoms with E-state index in [2.05, 4.69) is 22.7 Å². The summed E-state index contributed by atoms with van der Waals surface area (Å²) in [6.07, 6.45) is 0. The van der Waals surface area contributed by atoms with Gasteiger partial charge in [-0.2, -0.15) is 0 Å². The molecule has 0 aromatic carbocycles. The highest BCUT2D eigenvalue weighted by Gasteiger charge is 2.08. The van der Waals surface area contributed by atoms with Crippen molar-refractivity contribution >= 4 is 17.2 Å². The molecule has 0 bridgehead atoms. The molecule has 0 aliphatic carbocycles. The maximum absolute atomic E-state index is 11.2. The summed E-state index contributed by atoms with van der Waals surface area (Å²) in [5.74, 6) is 4.84. The van der Waals surface area contributed by atoms with Gasteiger partial charge in [0.05, 0.1) is 4.88 Å². The Balaban J connectivity index is 2.48. The number of nitrogens with zero attached hydrogens (tertiary/aromatic N) is 1. The first kappa shape index (κ1) is 13.1. The summed E-state index contributed by atoms with van der Waals surface area (Å²) in [6, 6.07) is 3.76. The van der Waals surface area contributed by atoms with Crippen LogP contribution in [0.2, 0.25) is 0 Å². The summed E-state index contributed by atoms with van der Waals surface area (Å²) >= 11 is 1.47. The van der Waals surface area contributed by atoms with Gasteiger partial charge in [0.15, 0.2) is 0 Å². The number of likely N-dealkylation sites (N-methyl/N-ethyl adjacent to an activating group) is 2. The zero-order valence-corrected chi connectivity index (χ0v) is 10.4. The van der Waals surface area contributed by atoms with Crippen LogP contribution >= 0.6 is 11.3 Å². The van der Waals surface area contributed by atoms with Gasteiger partial charge in [-0.1, -0.05) is 0 Å². The standard InChI is InChI=1S/C10H18N4OS/c1-12-5-6-14(2)7-8-3-4-9(16-8)10(15)13-11/h3-4,12H,5-7,11H2,1-2H3,(H,13,15). The molecule has 0 unspecified atom stereocenters. The predicted octanol–water partition coefficient (Wildman–Crippen LogP) is 0.00280. The van der Waals surface area contributed by atoms with Gasteiger partial charge in [0, 0.05) is 24.5 Å². The predicted molar refractivity (Wildman–Crippen MR) is 66.2 cm³/mol. The number of nitrogen functional groups attached to an aromatic ring is 1. The fraction of sp³-hybridized carbons (Fsp3) is 0.500. The second kappa shape index (κ2) is 6.59.